The molecular weight excluding hydrogens is 240 g/mol. The fraction of sp³-hybridized carbons (Fsp3) is 0.0714. The van der Waals surface area contributed by atoms with Crippen molar-refractivity contribution in [2.75, 3.05) is 0 Å². The largest absolute Gasteiger partial charge is 0.348 e. The summed E-state index contributed by atoms with van der Waals surface area (Å²) in [4.78, 5) is 23.1. The van der Waals surface area contributed by atoms with E-state index in [9.17, 15) is 4.79 Å². The molecule has 0 aliphatic heterocycles. The lowest BCUT2D eigenvalue weighted by atomic mass is 10.2. The number of hydrogen-bond acceptors (Lipinski definition) is 3. The van der Waals surface area contributed by atoms with Crippen LogP contribution < -0.4 is 5.32 Å². The van der Waals surface area contributed by atoms with Crippen LogP contribution in [0.2, 0.25) is 0 Å². The van der Waals surface area contributed by atoms with Gasteiger partial charge in [0.1, 0.15) is 5.65 Å². The number of nitrogens with one attached hydrogen (secondary N) is 2. The first kappa shape index (κ1) is 11.4. The van der Waals surface area contributed by atoms with Gasteiger partial charge in [-0.2, -0.15) is 0 Å². The number of aromatic nitrogens is 3. The van der Waals surface area contributed by atoms with Gasteiger partial charge in [0.15, 0.2) is 0 Å². The highest BCUT2D eigenvalue weighted by Crippen LogP contribution is 2.14. The molecule has 0 aliphatic carbocycles. The second-order valence-electron chi connectivity index (χ2n) is 4.13. The molecule has 0 aliphatic rings. The minimum absolute atomic E-state index is 0.108. The van der Waals surface area contributed by atoms with Crippen LogP contribution in [0.1, 0.15) is 15.9 Å². The molecule has 3 aromatic heterocycles. The molecule has 0 radical (unpaired) electrons. The molecule has 5 nitrogen and oxygen atoms in total. The van der Waals surface area contributed by atoms with Crippen LogP contribution in [0.4, 0.5) is 0 Å². The number of nitrogens with zero attached hydrogens (tertiary/aromatic N) is 2. The standard InChI is InChI=1S/C14H12N4O/c19-14(10-1-5-15-6-2-10)18-9-11-3-7-16-13-12(11)4-8-17-13/h1-8H,9H2,(H,16,17)(H,18,19). The normalized spacial score (nSPS) is 10.5. The number of fused-ring (bicyclic) bond motifs is 1. The lowest BCUT2D eigenvalue weighted by Crippen LogP contribution is -2.22. The monoisotopic (exact) mass is 252 g/mol. The third kappa shape index (κ3) is 2.30. The summed E-state index contributed by atoms with van der Waals surface area (Å²) in [6.07, 6.45) is 6.77. The Hall–Kier alpha value is -2.69. The Morgan fingerprint density at radius 3 is 2.84 bits per heavy atom. The van der Waals surface area contributed by atoms with Gasteiger partial charge in [0.2, 0.25) is 0 Å². The molecular formula is C14H12N4O. The number of carbonyl (C=O) groups excluding carboxylic acids is 1. The molecule has 0 bridgehead atoms. The molecule has 5 heteroatoms. The van der Waals surface area contributed by atoms with E-state index in [4.69, 9.17) is 0 Å². The van der Waals surface area contributed by atoms with Gasteiger partial charge in [0.25, 0.3) is 5.91 Å². The number of rotatable bonds is 3. The second-order valence-corrected chi connectivity index (χ2v) is 4.13. The van der Waals surface area contributed by atoms with Crippen molar-refractivity contribution >= 4 is 16.9 Å². The molecule has 1 amide bonds. The quantitative estimate of drug-likeness (QED) is 0.747. The number of pyridine rings is 2. The van der Waals surface area contributed by atoms with E-state index in [0.717, 1.165) is 16.6 Å². The topological polar surface area (TPSA) is 70.7 Å². The number of aromatic amines is 1. The molecule has 3 heterocycles. The number of H-pyrrole nitrogens is 1. The van der Waals surface area contributed by atoms with Crippen LogP contribution in [0.25, 0.3) is 11.0 Å². The van der Waals surface area contributed by atoms with Gasteiger partial charge in [0.05, 0.1) is 0 Å². The van der Waals surface area contributed by atoms with Gasteiger partial charge >= 0.3 is 0 Å². The van der Waals surface area contributed by atoms with E-state index < -0.39 is 0 Å². The van der Waals surface area contributed by atoms with Gasteiger partial charge in [-0.05, 0) is 29.8 Å². The summed E-state index contributed by atoms with van der Waals surface area (Å²) < 4.78 is 0. The maximum Gasteiger partial charge on any atom is 0.251 e. The molecule has 0 saturated carbocycles. The van der Waals surface area contributed by atoms with Crippen molar-refractivity contribution in [2.45, 2.75) is 6.54 Å². The first-order chi connectivity index (χ1) is 9.34. The molecule has 3 rings (SSSR count). The van der Waals surface area contributed by atoms with E-state index in [1.165, 1.54) is 0 Å². The van der Waals surface area contributed by atoms with Gasteiger partial charge in [0, 0.05) is 42.3 Å². The summed E-state index contributed by atoms with van der Waals surface area (Å²) in [6, 6.07) is 7.24. The molecule has 0 atom stereocenters. The van der Waals surface area contributed by atoms with Crippen molar-refractivity contribution in [3.05, 3.63) is 60.2 Å². The Morgan fingerprint density at radius 2 is 2.00 bits per heavy atom. The smallest absolute Gasteiger partial charge is 0.251 e. The predicted molar refractivity (Wildman–Crippen MR) is 71.5 cm³/mol. The molecule has 0 spiro atoms. The van der Waals surface area contributed by atoms with Crippen molar-refractivity contribution in [1.82, 2.24) is 20.3 Å². The highest BCUT2D eigenvalue weighted by molar-refractivity contribution is 5.94. The van der Waals surface area contributed by atoms with Gasteiger partial charge in [-0.1, -0.05) is 0 Å². The summed E-state index contributed by atoms with van der Waals surface area (Å²) in [7, 11) is 0. The molecule has 0 aromatic carbocycles. The fourth-order valence-corrected chi connectivity index (χ4v) is 1.95. The molecule has 2 N–H and O–H groups in total. The average molecular weight is 252 g/mol. The zero-order valence-corrected chi connectivity index (χ0v) is 10.1. The van der Waals surface area contributed by atoms with Gasteiger partial charge in [-0.15, -0.1) is 0 Å². The highest BCUT2D eigenvalue weighted by Gasteiger charge is 2.06. The van der Waals surface area contributed by atoms with E-state index in [1.807, 2.05) is 18.3 Å². The molecule has 0 saturated heterocycles. The zero-order valence-electron chi connectivity index (χ0n) is 10.1. The second kappa shape index (κ2) is 4.89. The maximum atomic E-state index is 11.9. The lowest BCUT2D eigenvalue weighted by molar-refractivity contribution is 0.0951. The van der Waals surface area contributed by atoms with Gasteiger partial charge in [-0.25, -0.2) is 4.98 Å². The highest BCUT2D eigenvalue weighted by atomic mass is 16.1. The van der Waals surface area contributed by atoms with Crippen LogP contribution in [-0.2, 0) is 6.54 Å². The van der Waals surface area contributed by atoms with Crippen molar-refractivity contribution < 1.29 is 4.79 Å². The van der Waals surface area contributed by atoms with E-state index in [2.05, 4.69) is 20.3 Å². The van der Waals surface area contributed by atoms with E-state index in [-0.39, 0.29) is 5.91 Å². The van der Waals surface area contributed by atoms with Crippen LogP contribution in [-0.4, -0.2) is 20.9 Å². The molecule has 19 heavy (non-hydrogen) atoms. The Bertz CT molecular complexity index is 706. The molecule has 0 fully saturated rings. The Kier molecular flexibility index (Phi) is 2.94. The average Bonchev–Trinajstić information content (AvgIpc) is 2.94. The summed E-state index contributed by atoms with van der Waals surface area (Å²) in [5, 5.41) is 3.91. The van der Waals surface area contributed by atoms with Gasteiger partial charge in [-0.3, -0.25) is 9.78 Å². The number of amides is 1. The Labute approximate surface area is 109 Å². The van der Waals surface area contributed by atoms with Crippen molar-refractivity contribution in [3.8, 4) is 0 Å². The third-order valence-corrected chi connectivity index (χ3v) is 2.93. The van der Waals surface area contributed by atoms with Crippen LogP contribution in [0.5, 0.6) is 0 Å². The summed E-state index contributed by atoms with van der Waals surface area (Å²) >= 11 is 0. The summed E-state index contributed by atoms with van der Waals surface area (Å²) in [5.74, 6) is -0.108. The number of hydrogen-bond donors (Lipinski definition) is 2. The maximum absolute atomic E-state index is 11.9. The fourth-order valence-electron chi connectivity index (χ4n) is 1.95. The summed E-state index contributed by atoms with van der Waals surface area (Å²) in [6.45, 7) is 0.470. The van der Waals surface area contributed by atoms with Crippen molar-refractivity contribution in [1.29, 1.82) is 0 Å². The lowest BCUT2D eigenvalue weighted by Gasteiger charge is -2.06. The van der Waals surface area contributed by atoms with E-state index >= 15 is 0 Å². The zero-order chi connectivity index (χ0) is 13.1. The summed E-state index contributed by atoms with van der Waals surface area (Å²) in [5.41, 5.74) is 2.47. The van der Waals surface area contributed by atoms with Crippen LogP contribution in [0.15, 0.2) is 49.1 Å². The van der Waals surface area contributed by atoms with Crippen molar-refractivity contribution in [2.24, 2.45) is 0 Å². The van der Waals surface area contributed by atoms with Crippen LogP contribution in [0, 0.1) is 0 Å². The third-order valence-electron chi connectivity index (χ3n) is 2.93. The van der Waals surface area contributed by atoms with Crippen molar-refractivity contribution in [3.63, 3.8) is 0 Å². The Balaban J connectivity index is 1.76. The van der Waals surface area contributed by atoms with E-state index in [1.54, 1.807) is 30.7 Å². The van der Waals surface area contributed by atoms with Gasteiger partial charge < -0.3 is 10.3 Å². The van der Waals surface area contributed by atoms with Crippen LogP contribution >= 0.6 is 0 Å². The first-order valence-electron chi connectivity index (χ1n) is 5.94. The van der Waals surface area contributed by atoms with E-state index in [0.29, 0.717) is 12.1 Å². The number of carbonyl (C=O) groups is 1. The SMILES string of the molecule is O=C(NCc1ccnc2[nH]ccc12)c1ccncc1. The Morgan fingerprint density at radius 1 is 1.16 bits per heavy atom. The minimum Gasteiger partial charge on any atom is -0.348 e. The minimum atomic E-state index is -0.108. The van der Waals surface area contributed by atoms with Crippen LogP contribution in [0.3, 0.4) is 0 Å². The molecule has 3 aromatic rings. The molecule has 94 valence electrons. The predicted octanol–water partition coefficient (Wildman–Crippen LogP) is 1.89. The first-order valence-corrected chi connectivity index (χ1v) is 5.94. The molecule has 0 unspecified atom stereocenters.